The van der Waals surface area contributed by atoms with Gasteiger partial charge in [0.25, 0.3) is 0 Å². The molecule has 1 aliphatic heterocycles. The highest BCUT2D eigenvalue weighted by molar-refractivity contribution is 5.75. The van der Waals surface area contributed by atoms with Crippen LogP contribution < -0.4 is 0 Å². The monoisotopic (exact) mass is 341 g/mol. The Morgan fingerprint density at radius 3 is 2.72 bits per heavy atom. The molecule has 0 amide bonds. The summed E-state index contributed by atoms with van der Waals surface area (Å²) >= 11 is 0. The van der Waals surface area contributed by atoms with E-state index in [4.69, 9.17) is 4.52 Å². The molecular weight excluding hydrogens is 321 g/mol. The van der Waals surface area contributed by atoms with Gasteiger partial charge in [-0.05, 0) is 50.9 Å². The Hall–Kier alpha value is -2.28. The molecule has 3 heterocycles. The first-order chi connectivity index (χ1) is 12.3. The van der Waals surface area contributed by atoms with Crippen LogP contribution in [0.2, 0.25) is 0 Å². The van der Waals surface area contributed by atoms with Gasteiger partial charge in [-0.1, -0.05) is 11.2 Å². The Labute approximate surface area is 144 Å². The van der Waals surface area contributed by atoms with E-state index in [0.29, 0.717) is 17.4 Å². The lowest BCUT2D eigenvalue weighted by Gasteiger charge is -2.30. The molecule has 0 bridgehead atoms. The molecule has 0 spiro atoms. The summed E-state index contributed by atoms with van der Waals surface area (Å²) < 4.78 is 19.1. The zero-order valence-corrected chi connectivity index (χ0v) is 13.9. The first kappa shape index (κ1) is 15.0. The molecule has 1 saturated heterocycles. The fraction of sp³-hybridized carbons (Fsp3) is 0.500. The third-order valence-electron chi connectivity index (χ3n) is 5.23. The van der Waals surface area contributed by atoms with Gasteiger partial charge in [0.05, 0.1) is 12.1 Å². The Morgan fingerprint density at radius 2 is 1.96 bits per heavy atom. The lowest BCUT2D eigenvalue weighted by Crippen LogP contribution is -2.33. The average Bonchev–Trinajstić information content (AvgIpc) is 3.20. The molecule has 1 saturated carbocycles. The highest BCUT2D eigenvalue weighted by atomic mass is 19.1. The van der Waals surface area contributed by atoms with E-state index in [-0.39, 0.29) is 5.82 Å². The molecule has 3 aromatic rings. The molecule has 1 aromatic carbocycles. The van der Waals surface area contributed by atoms with Crippen molar-refractivity contribution in [1.29, 1.82) is 0 Å². The predicted molar refractivity (Wildman–Crippen MR) is 89.6 cm³/mol. The molecule has 0 unspecified atom stereocenters. The Morgan fingerprint density at radius 1 is 1.12 bits per heavy atom. The number of H-pyrrole nitrogens is 1. The lowest BCUT2D eigenvalue weighted by molar-refractivity contribution is 0.195. The molecule has 2 fully saturated rings. The smallest absolute Gasteiger partial charge is 0.229 e. The van der Waals surface area contributed by atoms with E-state index in [0.717, 1.165) is 55.5 Å². The number of likely N-dealkylation sites (tertiary alicyclic amines) is 1. The van der Waals surface area contributed by atoms with Crippen LogP contribution in [0.25, 0.3) is 11.0 Å². The van der Waals surface area contributed by atoms with Crippen LogP contribution in [0.5, 0.6) is 0 Å². The van der Waals surface area contributed by atoms with Gasteiger partial charge in [0, 0.05) is 11.8 Å². The molecule has 2 aromatic heterocycles. The number of para-hydroxylation sites is 1. The van der Waals surface area contributed by atoms with Gasteiger partial charge < -0.3 is 9.51 Å². The summed E-state index contributed by atoms with van der Waals surface area (Å²) in [5, 5.41) is 4.10. The van der Waals surface area contributed by atoms with Crippen LogP contribution in [0.15, 0.2) is 22.7 Å². The molecule has 1 aliphatic carbocycles. The van der Waals surface area contributed by atoms with Crippen molar-refractivity contribution in [2.45, 2.75) is 44.1 Å². The van der Waals surface area contributed by atoms with Gasteiger partial charge in [-0.15, -0.1) is 0 Å². The number of fused-ring (bicyclic) bond motifs is 1. The minimum Gasteiger partial charge on any atom is -0.342 e. The molecule has 0 radical (unpaired) electrons. The van der Waals surface area contributed by atoms with Gasteiger partial charge in [0.15, 0.2) is 11.6 Å². The van der Waals surface area contributed by atoms with Crippen molar-refractivity contribution in [2.24, 2.45) is 0 Å². The van der Waals surface area contributed by atoms with Gasteiger partial charge in [0.1, 0.15) is 11.3 Å². The van der Waals surface area contributed by atoms with E-state index in [1.807, 2.05) is 6.07 Å². The number of aromatic amines is 1. The minimum atomic E-state index is -0.263. The van der Waals surface area contributed by atoms with Crippen molar-refractivity contribution in [3.05, 3.63) is 41.6 Å². The first-order valence-corrected chi connectivity index (χ1v) is 8.95. The first-order valence-electron chi connectivity index (χ1n) is 8.95. The Bertz CT molecular complexity index is 892. The maximum Gasteiger partial charge on any atom is 0.229 e. The van der Waals surface area contributed by atoms with E-state index in [1.54, 1.807) is 6.07 Å². The number of nitrogens with one attached hydrogen (secondary N) is 1. The topological polar surface area (TPSA) is 70.8 Å². The summed E-state index contributed by atoms with van der Waals surface area (Å²) in [6.07, 6.45) is 4.33. The summed E-state index contributed by atoms with van der Waals surface area (Å²) in [4.78, 5) is 14.6. The van der Waals surface area contributed by atoms with Gasteiger partial charge in [-0.2, -0.15) is 4.98 Å². The van der Waals surface area contributed by atoms with Crippen molar-refractivity contribution in [3.8, 4) is 0 Å². The molecule has 130 valence electrons. The van der Waals surface area contributed by atoms with Crippen LogP contribution in [0.1, 0.15) is 55.1 Å². The van der Waals surface area contributed by atoms with Crippen LogP contribution in [0.4, 0.5) is 4.39 Å². The van der Waals surface area contributed by atoms with E-state index < -0.39 is 0 Å². The number of imidazole rings is 1. The summed E-state index contributed by atoms with van der Waals surface area (Å²) in [7, 11) is 0. The van der Waals surface area contributed by atoms with Crippen molar-refractivity contribution >= 4 is 11.0 Å². The van der Waals surface area contributed by atoms with Crippen LogP contribution >= 0.6 is 0 Å². The number of nitrogens with zero attached hydrogens (tertiary/aromatic N) is 4. The summed E-state index contributed by atoms with van der Waals surface area (Å²) in [5.41, 5.74) is 1.22. The summed E-state index contributed by atoms with van der Waals surface area (Å²) in [6, 6.07) is 5.04. The zero-order chi connectivity index (χ0) is 16.8. The van der Waals surface area contributed by atoms with Gasteiger partial charge in [-0.25, -0.2) is 9.37 Å². The highest BCUT2D eigenvalue weighted by Crippen LogP contribution is 2.39. The quantitative estimate of drug-likeness (QED) is 0.788. The second-order valence-corrected chi connectivity index (χ2v) is 7.13. The summed E-state index contributed by atoms with van der Waals surface area (Å²) in [5.74, 6) is 3.06. The Kier molecular flexibility index (Phi) is 3.55. The van der Waals surface area contributed by atoms with Crippen molar-refractivity contribution in [1.82, 2.24) is 25.0 Å². The van der Waals surface area contributed by atoms with Gasteiger partial charge >= 0.3 is 0 Å². The third kappa shape index (κ3) is 2.93. The second-order valence-electron chi connectivity index (χ2n) is 7.13. The van der Waals surface area contributed by atoms with E-state index in [1.165, 1.54) is 18.9 Å². The average molecular weight is 341 g/mol. The van der Waals surface area contributed by atoms with E-state index in [9.17, 15) is 4.39 Å². The number of rotatable bonds is 4. The molecule has 7 heteroatoms. The maximum atomic E-state index is 13.8. The fourth-order valence-corrected chi connectivity index (χ4v) is 3.60. The predicted octanol–water partition coefficient (Wildman–Crippen LogP) is 3.34. The summed E-state index contributed by atoms with van der Waals surface area (Å²) in [6.45, 7) is 2.65. The molecule has 1 N–H and O–H groups in total. The highest BCUT2D eigenvalue weighted by Gasteiger charge is 2.30. The SMILES string of the molecule is Fc1cccc2[nH]c(C3CCN(Cc4noc(C5CC5)n4)CC3)nc12. The van der Waals surface area contributed by atoms with Gasteiger partial charge in [0.2, 0.25) is 5.89 Å². The Balaban J connectivity index is 1.23. The number of hydrogen-bond acceptors (Lipinski definition) is 5. The standard InChI is InChI=1S/C18H20FN5O/c19-13-2-1-3-14-16(13)22-17(20-14)11-6-8-24(9-7-11)10-15-21-18(25-23-15)12-4-5-12/h1-3,11-12H,4-10H2,(H,20,22). The van der Waals surface area contributed by atoms with Crippen LogP contribution in [0.3, 0.4) is 0 Å². The minimum absolute atomic E-state index is 0.263. The third-order valence-corrected chi connectivity index (χ3v) is 5.23. The van der Waals surface area contributed by atoms with Crippen LogP contribution in [0, 0.1) is 5.82 Å². The number of hydrogen-bond donors (Lipinski definition) is 1. The van der Waals surface area contributed by atoms with Crippen LogP contribution in [-0.4, -0.2) is 38.1 Å². The van der Waals surface area contributed by atoms with E-state index in [2.05, 4.69) is 25.0 Å². The normalized spacial score (nSPS) is 19.7. The fourth-order valence-electron chi connectivity index (χ4n) is 3.60. The van der Waals surface area contributed by atoms with Gasteiger partial charge in [-0.3, -0.25) is 4.90 Å². The second kappa shape index (κ2) is 5.91. The molecule has 2 aliphatic rings. The number of aromatic nitrogens is 4. The molecular formula is C18H20FN5O. The number of benzene rings is 1. The largest absolute Gasteiger partial charge is 0.342 e. The van der Waals surface area contributed by atoms with Crippen LogP contribution in [-0.2, 0) is 6.54 Å². The zero-order valence-electron chi connectivity index (χ0n) is 13.9. The molecule has 25 heavy (non-hydrogen) atoms. The maximum absolute atomic E-state index is 13.8. The van der Waals surface area contributed by atoms with E-state index >= 15 is 0 Å². The van der Waals surface area contributed by atoms with Crippen molar-refractivity contribution in [2.75, 3.05) is 13.1 Å². The van der Waals surface area contributed by atoms with Crippen molar-refractivity contribution in [3.63, 3.8) is 0 Å². The lowest BCUT2D eigenvalue weighted by atomic mass is 9.96. The number of piperidine rings is 1. The number of halogens is 1. The molecule has 5 rings (SSSR count). The molecule has 6 nitrogen and oxygen atoms in total. The van der Waals surface area contributed by atoms with Crippen molar-refractivity contribution < 1.29 is 8.91 Å². The molecule has 0 atom stereocenters.